The number of rotatable bonds is 2. The molecule has 20 heavy (non-hydrogen) atoms. The minimum absolute atomic E-state index is 0.380. The second kappa shape index (κ2) is 6.11. The molecule has 1 aliphatic rings. The van der Waals surface area contributed by atoms with Gasteiger partial charge in [0.2, 0.25) is 0 Å². The van der Waals surface area contributed by atoms with Gasteiger partial charge in [0.15, 0.2) is 0 Å². The summed E-state index contributed by atoms with van der Waals surface area (Å²) in [6.45, 7) is 0.808. The normalized spacial score (nSPS) is 17.1. The summed E-state index contributed by atoms with van der Waals surface area (Å²) in [5.41, 5.74) is -0.712. The number of hydrogen-bond donors (Lipinski definition) is 0. The number of likely N-dealkylation sites (tertiary alicyclic amines) is 1. The number of halogens is 3. The van der Waals surface area contributed by atoms with E-state index in [1.807, 2.05) is 0 Å². The van der Waals surface area contributed by atoms with Crippen LogP contribution < -0.4 is 0 Å². The summed E-state index contributed by atoms with van der Waals surface area (Å²) in [6.07, 6.45) is -1.21. The Kier molecular flexibility index (Phi) is 4.47. The van der Waals surface area contributed by atoms with Crippen molar-refractivity contribution >= 4 is 12.0 Å². The molecule has 1 aromatic rings. The van der Waals surface area contributed by atoms with Crippen molar-refractivity contribution in [3.05, 3.63) is 41.5 Å². The zero-order valence-corrected chi connectivity index (χ0v) is 11.0. The molecule has 108 valence electrons. The van der Waals surface area contributed by atoms with Crippen LogP contribution in [0.15, 0.2) is 35.9 Å². The Morgan fingerprint density at radius 1 is 1.05 bits per heavy atom. The summed E-state index contributed by atoms with van der Waals surface area (Å²) >= 11 is 0. The molecule has 0 spiro atoms. The predicted octanol–water partition coefficient (Wildman–Crippen LogP) is 3.64. The monoisotopic (exact) mass is 283 g/mol. The maximum Gasteiger partial charge on any atom is 0.421 e. The summed E-state index contributed by atoms with van der Waals surface area (Å²) in [5, 5.41) is 0. The summed E-state index contributed by atoms with van der Waals surface area (Å²) in [6, 6.07) is 8.11. The molecule has 0 radical (unpaired) electrons. The lowest BCUT2D eigenvalue weighted by molar-refractivity contribution is -0.139. The van der Waals surface area contributed by atoms with Gasteiger partial charge in [0.05, 0.1) is 0 Å². The SMILES string of the molecule is O=C(/C(=C/c1ccccc1)C(F)(F)F)N1CCCCC1. The van der Waals surface area contributed by atoms with E-state index in [-0.39, 0.29) is 0 Å². The highest BCUT2D eigenvalue weighted by Gasteiger charge is 2.40. The van der Waals surface area contributed by atoms with Crippen molar-refractivity contribution in [2.45, 2.75) is 25.4 Å². The van der Waals surface area contributed by atoms with E-state index in [0.717, 1.165) is 25.3 Å². The molecule has 2 nitrogen and oxygen atoms in total. The van der Waals surface area contributed by atoms with Crippen LogP contribution in [0.5, 0.6) is 0 Å². The fourth-order valence-corrected chi connectivity index (χ4v) is 2.25. The van der Waals surface area contributed by atoms with Gasteiger partial charge in [-0.15, -0.1) is 0 Å². The largest absolute Gasteiger partial charge is 0.421 e. The van der Waals surface area contributed by atoms with Crippen LogP contribution in [0.1, 0.15) is 24.8 Å². The molecule has 1 amide bonds. The van der Waals surface area contributed by atoms with E-state index in [0.29, 0.717) is 18.7 Å². The molecule has 0 unspecified atom stereocenters. The Labute approximate surface area is 115 Å². The molecule has 1 saturated heterocycles. The topological polar surface area (TPSA) is 20.3 Å². The number of piperidine rings is 1. The summed E-state index contributed by atoms with van der Waals surface area (Å²) in [5.74, 6) is -0.916. The van der Waals surface area contributed by atoms with E-state index in [1.165, 1.54) is 4.90 Å². The van der Waals surface area contributed by atoms with E-state index < -0.39 is 17.7 Å². The second-order valence-corrected chi connectivity index (χ2v) is 4.82. The van der Waals surface area contributed by atoms with Gasteiger partial charge in [-0.1, -0.05) is 30.3 Å². The smallest absolute Gasteiger partial charge is 0.339 e. The Morgan fingerprint density at radius 3 is 2.20 bits per heavy atom. The minimum Gasteiger partial charge on any atom is -0.339 e. The second-order valence-electron chi connectivity index (χ2n) is 4.82. The highest BCUT2D eigenvalue weighted by Crippen LogP contribution is 2.30. The summed E-state index contributed by atoms with van der Waals surface area (Å²) < 4.78 is 39.3. The van der Waals surface area contributed by atoms with Gasteiger partial charge in [-0.05, 0) is 30.9 Å². The van der Waals surface area contributed by atoms with Crippen LogP contribution in [0.25, 0.3) is 6.08 Å². The van der Waals surface area contributed by atoms with Crippen molar-refractivity contribution in [2.24, 2.45) is 0 Å². The standard InChI is InChI=1S/C15H16F3NO/c16-15(17,18)13(11-12-7-3-1-4-8-12)14(20)19-9-5-2-6-10-19/h1,3-4,7-8,11H,2,5-6,9-10H2/b13-11-. The van der Waals surface area contributed by atoms with Crippen molar-refractivity contribution in [1.82, 2.24) is 4.90 Å². The highest BCUT2D eigenvalue weighted by atomic mass is 19.4. The fourth-order valence-electron chi connectivity index (χ4n) is 2.25. The van der Waals surface area contributed by atoms with Gasteiger partial charge in [-0.3, -0.25) is 4.79 Å². The van der Waals surface area contributed by atoms with Gasteiger partial charge in [0, 0.05) is 13.1 Å². The maximum atomic E-state index is 13.1. The summed E-state index contributed by atoms with van der Waals surface area (Å²) in [4.78, 5) is 13.4. The van der Waals surface area contributed by atoms with Crippen molar-refractivity contribution in [3.63, 3.8) is 0 Å². The van der Waals surface area contributed by atoms with Gasteiger partial charge in [-0.2, -0.15) is 13.2 Å². The number of nitrogens with zero attached hydrogens (tertiary/aromatic N) is 1. The van der Waals surface area contributed by atoms with Gasteiger partial charge in [-0.25, -0.2) is 0 Å². The van der Waals surface area contributed by atoms with Gasteiger partial charge < -0.3 is 4.90 Å². The van der Waals surface area contributed by atoms with Crippen LogP contribution in [-0.2, 0) is 4.79 Å². The number of amides is 1. The van der Waals surface area contributed by atoms with Crippen molar-refractivity contribution in [1.29, 1.82) is 0 Å². The number of alkyl halides is 3. The zero-order valence-electron chi connectivity index (χ0n) is 11.0. The first-order valence-electron chi connectivity index (χ1n) is 6.62. The third-order valence-corrected chi connectivity index (χ3v) is 3.29. The Hall–Kier alpha value is -1.78. The Morgan fingerprint density at radius 2 is 1.65 bits per heavy atom. The molecule has 0 aliphatic carbocycles. The first-order chi connectivity index (χ1) is 9.48. The van der Waals surface area contributed by atoms with E-state index in [1.54, 1.807) is 30.3 Å². The molecule has 1 aliphatic heterocycles. The van der Waals surface area contributed by atoms with Crippen LogP contribution in [-0.4, -0.2) is 30.1 Å². The molecular formula is C15H16F3NO. The van der Waals surface area contributed by atoms with Gasteiger partial charge in [0.1, 0.15) is 5.57 Å². The van der Waals surface area contributed by atoms with Crippen molar-refractivity contribution in [2.75, 3.05) is 13.1 Å². The third kappa shape index (κ3) is 3.62. The van der Waals surface area contributed by atoms with E-state index in [2.05, 4.69) is 0 Å². The minimum atomic E-state index is -4.63. The van der Waals surface area contributed by atoms with E-state index in [4.69, 9.17) is 0 Å². The van der Waals surface area contributed by atoms with Crippen LogP contribution in [0, 0.1) is 0 Å². The molecule has 0 aromatic heterocycles. The molecule has 1 fully saturated rings. The highest BCUT2D eigenvalue weighted by molar-refractivity contribution is 5.99. The number of carbonyl (C=O) groups is 1. The fraction of sp³-hybridized carbons (Fsp3) is 0.400. The van der Waals surface area contributed by atoms with Crippen LogP contribution in [0.3, 0.4) is 0 Å². The molecule has 0 N–H and O–H groups in total. The Bertz CT molecular complexity index is 488. The molecule has 0 saturated carbocycles. The van der Waals surface area contributed by atoms with E-state index in [9.17, 15) is 18.0 Å². The molecule has 5 heteroatoms. The molecular weight excluding hydrogens is 267 g/mol. The van der Waals surface area contributed by atoms with Gasteiger partial charge >= 0.3 is 6.18 Å². The molecule has 0 bridgehead atoms. The molecule has 2 rings (SSSR count). The zero-order chi connectivity index (χ0) is 14.6. The average Bonchev–Trinajstić information content (AvgIpc) is 2.45. The Balaban J connectivity index is 2.28. The van der Waals surface area contributed by atoms with Crippen LogP contribution in [0.4, 0.5) is 13.2 Å². The van der Waals surface area contributed by atoms with Crippen LogP contribution >= 0.6 is 0 Å². The lowest BCUT2D eigenvalue weighted by atomic mass is 10.1. The first-order valence-corrected chi connectivity index (χ1v) is 6.62. The van der Waals surface area contributed by atoms with Crippen LogP contribution in [0.2, 0.25) is 0 Å². The van der Waals surface area contributed by atoms with Crippen molar-refractivity contribution < 1.29 is 18.0 Å². The number of carbonyl (C=O) groups excluding carboxylic acids is 1. The number of benzene rings is 1. The summed E-state index contributed by atoms with van der Waals surface area (Å²) in [7, 11) is 0. The van der Waals surface area contributed by atoms with Crippen molar-refractivity contribution in [3.8, 4) is 0 Å². The van der Waals surface area contributed by atoms with E-state index >= 15 is 0 Å². The quantitative estimate of drug-likeness (QED) is 0.759. The first kappa shape index (κ1) is 14.6. The maximum absolute atomic E-state index is 13.1. The number of hydrogen-bond acceptors (Lipinski definition) is 1. The molecule has 0 atom stereocenters. The lowest BCUT2D eigenvalue weighted by Crippen LogP contribution is -2.39. The third-order valence-electron chi connectivity index (χ3n) is 3.29. The molecule has 1 heterocycles. The van der Waals surface area contributed by atoms with Gasteiger partial charge in [0.25, 0.3) is 5.91 Å². The lowest BCUT2D eigenvalue weighted by Gasteiger charge is -2.28. The average molecular weight is 283 g/mol. The predicted molar refractivity (Wildman–Crippen MR) is 70.9 cm³/mol. The molecule has 1 aromatic carbocycles.